The van der Waals surface area contributed by atoms with Gasteiger partial charge >= 0.3 is 0 Å². The molecule has 0 amide bonds. The van der Waals surface area contributed by atoms with Crippen LogP contribution in [0.2, 0.25) is 13.1 Å². The summed E-state index contributed by atoms with van der Waals surface area (Å²) in [7, 11) is -2.54. The van der Waals surface area contributed by atoms with Gasteiger partial charge in [-0.05, 0) is 153 Å². The third-order valence-electron chi connectivity index (χ3n) is 18.0. The second-order valence-corrected chi connectivity index (χ2v) is 27.6. The molecule has 16 rings (SSSR count). The summed E-state index contributed by atoms with van der Waals surface area (Å²) in [6.45, 7) is 5.09. The van der Waals surface area contributed by atoms with E-state index in [0.29, 0.717) is 0 Å². The average molecular weight is 1130 g/mol. The molecule has 0 radical (unpaired) electrons. The van der Waals surface area contributed by atoms with Crippen LogP contribution >= 0.6 is 0 Å². The van der Waals surface area contributed by atoms with Gasteiger partial charge in [-0.25, -0.2) is 0 Å². The van der Waals surface area contributed by atoms with E-state index in [4.69, 9.17) is 0 Å². The summed E-state index contributed by atoms with van der Waals surface area (Å²) < 4.78 is 4.79. The van der Waals surface area contributed by atoms with E-state index >= 15 is 0 Å². The molecule has 2 aromatic heterocycles. The normalized spacial score (nSPS) is 11.8. The van der Waals surface area contributed by atoms with Crippen LogP contribution in [0.1, 0.15) is 0 Å². The fraction of sp³-hybridized carbons (Fsp3) is 0.0244. The van der Waals surface area contributed by atoms with Crippen molar-refractivity contribution in [1.29, 1.82) is 0 Å². The molecule has 0 fully saturated rings. The van der Waals surface area contributed by atoms with Crippen molar-refractivity contribution in [1.82, 2.24) is 9.13 Å². The van der Waals surface area contributed by atoms with Gasteiger partial charge in [0, 0.05) is 66.4 Å². The highest BCUT2D eigenvalue weighted by Crippen LogP contribution is 2.45. The van der Waals surface area contributed by atoms with E-state index in [9.17, 15) is 0 Å². The quantitative estimate of drug-likeness (QED) is 0.113. The number of hydrogen-bond acceptors (Lipinski definition) is 2. The molecule has 2 heterocycles. The van der Waals surface area contributed by atoms with Gasteiger partial charge in [-0.1, -0.05) is 231 Å². The molecule has 0 aliphatic heterocycles. The molecule has 0 spiro atoms. The highest BCUT2D eigenvalue weighted by Gasteiger charge is 2.32. The van der Waals surface area contributed by atoms with E-state index in [1.807, 2.05) is 0 Å². The lowest BCUT2D eigenvalue weighted by atomic mass is 10.0. The molecule has 16 aromatic rings. The maximum atomic E-state index is 2.54. The van der Waals surface area contributed by atoms with Crippen LogP contribution in [-0.4, -0.2) is 17.2 Å². The molecule has 0 bridgehead atoms. The van der Waals surface area contributed by atoms with Crippen LogP contribution in [0.4, 0.5) is 34.1 Å². The SMILES string of the molecule is C[Si](C)(c1ccc(N(c2ccc(-c3ccccc3)cc2)c2ccc3c(c2)c2ccccc2n3-c2ccccc2)c2ccccc12)c1ccc(N(c2ccc(-c3ccccc3)cc2)c2ccc3c(c2)c2ccccc2n3-c2ccccc2)c2ccccc12. The molecular formula is C82H60N4Si. The fourth-order valence-corrected chi connectivity index (χ4v) is 16.9. The molecule has 0 saturated heterocycles. The van der Waals surface area contributed by atoms with Gasteiger partial charge < -0.3 is 18.9 Å². The van der Waals surface area contributed by atoms with Crippen LogP contribution in [0.5, 0.6) is 0 Å². The molecule has 0 N–H and O–H groups in total. The second-order valence-electron chi connectivity index (χ2n) is 23.3. The molecule has 0 unspecified atom stereocenters. The highest BCUT2D eigenvalue weighted by atomic mass is 28.3. The molecule has 87 heavy (non-hydrogen) atoms. The molecular weight excluding hydrogens is 1070 g/mol. The Balaban J connectivity index is 0.849. The van der Waals surface area contributed by atoms with Gasteiger partial charge in [0.1, 0.15) is 8.07 Å². The average Bonchev–Trinajstić information content (AvgIpc) is 1.86. The molecule has 0 aliphatic rings. The van der Waals surface area contributed by atoms with Gasteiger partial charge in [0.05, 0.1) is 33.4 Å². The summed E-state index contributed by atoms with van der Waals surface area (Å²) >= 11 is 0. The summed E-state index contributed by atoms with van der Waals surface area (Å²) in [6, 6.07) is 121. The number of rotatable bonds is 12. The van der Waals surface area contributed by atoms with Crippen molar-refractivity contribution in [3.63, 3.8) is 0 Å². The molecule has 4 nitrogen and oxygen atoms in total. The van der Waals surface area contributed by atoms with Crippen LogP contribution in [0.3, 0.4) is 0 Å². The van der Waals surface area contributed by atoms with Crippen molar-refractivity contribution < 1.29 is 0 Å². The predicted molar refractivity (Wildman–Crippen MR) is 374 cm³/mol. The van der Waals surface area contributed by atoms with E-state index in [1.165, 1.54) is 97.8 Å². The highest BCUT2D eigenvalue weighted by molar-refractivity contribution is 7.03. The standard InChI is InChI=1S/C82H60N4Si/c1-87(2,81-53-51-77(67-31-15-17-35-71(67)81)83(63-43-39-59(40-44-63)57-23-7-3-8-24-57)65-47-49-79-73(55-65)69-33-19-21-37-75(69)85(79)61-27-11-5-12-28-61)82-54-52-78(68-32-16-18-36-72(68)82)84(64-45-41-60(42-46-64)58-25-9-4-10-26-58)66-48-50-80-74(56-66)70-34-20-22-38-76(70)86(80)62-29-13-6-14-30-62/h3-56H,1-2H3. The summed E-state index contributed by atoms with van der Waals surface area (Å²) in [5.74, 6) is 0. The van der Waals surface area contributed by atoms with Gasteiger partial charge in [0.2, 0.25) is 0 Å². The van der Waals surface area contributed by atoms with E-state index in [-0.39, 0.29) is 0 Å². The summed E-state index contributed by atoms with van der Waals surface area (Å²) in [4.78, 5) is 4.96. The minimum atomic E-state index is -2.54. The minimum absolute atomic E-state index is 1.09. The number of fused-ring (bicyclic) bond motifs is 8. The molecule has 14 aromatic carbocycles. The predicted octanol–water partition coefficient (Wildman–Crippen LogP) is 21.3. The fourth-order valence-electron chi connectivity index (χ4n) is 13.8. The molecule has 5 heteroatoms. The minimum Gasteiger partial charge on any atom is -0.310 e. The Hall–Kier alpha value is -11.0. The van der Waals surface area contributed by atoms with E-state index < -0.39 is 8.07 Å². The molecule has 0 atom stereocenters. The summed E-state index contributed by atoms with van der Waals surface area (Å²) in [5, 5.41) is 12.6. The van der Waals surface area contributed by atoms with E-state index in [0.717, 1.165) is 45.5 Å². The van der Waals surface area contributed by atoms with Gasteiger partial charge in [0.25, 0.3) is 0 Å². The Bertz CT molecular complexity index is 4900. The smallest absolute Gasteiger partial charge is 0.113 e. The zero-order valence-corrected chi connectivity index (χ0v) is 49.5. The summed E-state index contributed by atoms with van der Waals surface area (Å²) in [5.41, 5.74) is 18.4. The molecule has 0 aliphatic carbocycles. The molecule has 412 valence electrons. The van der Waals surface area contributed by atoms with Gasteiger partial charge in [-0.15, -0.1) is 0 Å². The largest absolute Gasteiger partial charge is 0.310 e. The van der Waals surface area contributed by atoms with Crippen LogP contribution in [-0.2, 0) is 0 Å². The third-order valence-corrected chi connectivity index (χ3v) is 21.5. The number of benzene rings is 14. The van der Waals surface area contributed by atoms with E-state index in [1.54, 1.807) is 0 Å². The monoisotopic (exact) mass is 1130 g/mol. The lowest BCUT2D eigenvalue weighted by Gasteiger charge is -2.32. The zero-order chi connectivity index (χ0) is 58.0. The Morgan fingerprint density at radius 1 is 0.230 bits per heavy atom. The Labute approximate surface area is 508 Å². The lowest BCUT2D eigenvalue weighted by molar-refractivity contribution is 1.18. The Morgan fingerprint density at radius 3 is 0.920 bits per heavy atom. The number of hydrogen-bond donors (Lipinski definition) is 0. The Morgan fingerprint density at radius 2 is 0.529 bits per heavy atom. The van der Waals surface area contributed by atoms with Crippen LogP contribution in [0.25, 0.3) is 98.8 Å². The van der Waals surface area contributed by atoms with Crippen LogP contribution < -0.4 is 20.2 Å². The van der Waals surface area contributed by atoms with E-state index in [2.05, 4.69) is 360 Å². The first-order chi connectivity index (χ1) is 42.9. The number of nitrogens with zero attached hydrogens (tertiary/aromatic N) is 4. The number of para-hydroxylation sites is 4. The first kappa shape index (κ1) is 51.6. The summed E-state index contributed by atoms with van der Waals surface area (Å²) in [6.07, 6.45) is 0. The van der Waals surface area contributed by atoms with Gasteiger partial charge in [-0.3, -0.25) is 0 Å². The van der Waals surface area contributed by atoms with Crippen molar-refractivity contribution in [2.24, 2.45) is 0 Å². The first-order valence-electron chi connectivity index (χ1n) is 30.1. The maximum Gasteiger partial charge on any atom is 0.113 e. The number of anilines is 6. The Kier molecular flexibility index (Phi) is 12.6. The van der Waals surface area contributed by atoms with Gasteiger partial charge in [0.15, 0.2) is 0 Å². The van der Waals surface area contributed by atoms with Crippen molar-refractivity contribution >= 4 is 118 Å². The maximum absolute atomic E-state index is 2.54. The van der Waals surface area contributed by atoms with Crippen LogP contribution in [0, 0.1) is 0 Å². The van der Waals surface area contributed by atoms with Crippen molar-refractivity contribution in [3.8, 4) is 33.6 Å². The van der Waals surface area contributed by atoms with Crippen molar-refractivity contribution in [2.45, 2.75) is 13.1 Å². The van der Waals surface area contributed by atoms with Crippen molar-refractivity contribution in [2.75, 3.05) is 9.80 Å². The molecule has 0 saturated carbocycles. The third kappa shape index (κ3) is 8.81. The zero-order valence-electron chi connectivity index (χ0n) is 48.5. The van der Waals surface area contributed by atoms with Crippen molar-refractivity contribution in [3.05, 3.63) is 328 Å². The second kappa shape index (κ2) is 21.3. The lowest BCUT2D eigenvalue weighted by Crippen LogP contribution is -2.53. The topological polar surface area (TPSA) is 16.3 Å². The van der Waals surface area contributed by atoms with Gasteiger partial charge in [-0.2, -0.15) is 0 Å². The van der Waals surface area contributed by atoms with Crippen LogP contribution in [0.15, 0.2) is 328 Å². The first-order valence-corrected chi connectivity index (χ1v) is 33.1. The number of aromatic nitrogens is 2.